The molecule has 1 aromatic heterocycles. The summed E-state index contributed by atoms with van der Waals surface area (Å²) in [4.78, 5) is 17.0. The van der Waals surface area contributed by atoms with Gasteiger partial charge in [0.1, 0.15) is 0 Å². The first-order valence-electron chi connectivity index (χ1n) is 10.1. The third-order valence-corrected chi connectivity index (χ3v) is 5.52. The molecular formula is C19H36Cl3N5O. The van der Waals surface area contributed by atoms with E-state index in [1.165, 1.54) is 45.3 Å². The van der Waals surface area contributed by atoms with Gasteiger partial charge in [-0.3, -0.25) is 4.79 Å². The Labute approximate surface area is 187 Å². The van der Waals surface area contributed by atoms with Crippen LogP contribution in [0.2, 0.25) is 0 Å². The van der Waals surface area contributed by atoms with Crippen molar-refractivity contribution in [2.45, 2.75) is 51.9 Å². The van der Waals surface area contributed by atoms with E-state index in [9.17, 15) is 4.79 Å². The van der Waals surface area contributed by atoms with E-state index in [2.05, 4.69) is 32.2 Å². The number of nitrogens with one attached hydrogen (secondary N) is 2. The van der Waals surface area contributed by atoms with E-state index in [1.807, 2.05) is 0 Å². The van der Waals surface area contributed by atoms with Crippen LogP contribution in [0.1, 0.15) is 50.3 Å². The Bertz CT molecular complexity index is 606. The fraction of sp³-hybridized carbons (Fsp3) is 0.789. The number of piperazine rings is 1. The van der Waals surface area contributed by atoms with Crippen LogP contribution in [0.25, 0.3) is 0 Å². The van der Waals surface area contributed by atoms with Crippen LogP contribution < -0.4 is 10.9 Å². The monoisotopic (exact) mass is 455 g/mol. The molecule has 0 saturated carbocycles. The Morgan fingerprint density at radius 3 is 2.32 bits per heavy atom. The van der Waals surface area contributed by atoms with Crippen molar-refractivity contribution in [3.63, 3.8) is 0 Å². The molecule has 2 aliphatic rings. The molecule has 6 nitrogen and oxygen atoms in total. The van der Waals surface area contributed by atoms with Gasteiger partial charge in [-0.2, -0.15) is 5.10 Å². The van der Waals surface area contributed by atoms with E-state index in [0.29, 0.717) is 0 Å². The van der Waals surface area contributed by atoms with Crippen LogP contribution in [0.5, 0.6) is 0 Å². The quantitative estimate of drug-likeness (QED) is 0.588. The van der Waals surface area contributed by atoms with Crippen molar-refractivity contribution in [1.29, 1.82) is 0 Å². The van der Waals surface area contributed by atoms with Crippen LogP contribution in [0, 0.1) is 0 Å². The zero-order valence-corrected chi connectivity index (χ0v) is 19.3. The van der Waals surface area contributed by atoms with E-state index in [1.54, 1.807) is 0 Å². The van der Waals surface area contributed by atoms with Crippen molar-refractivity contribution in [1.82, 2.24) is 20.0 Å². The molecule has 0 aromatic carbocycles. The second-order valence-corrected chi connectivity index (χ2v) is 7.38. The number of hydrogen-bond acceptors (Lipinski definition) is 5. The summed E-state index contributed by atoms with van der Waals surface area (Å²) >= 11 is 0. The standard InChI is InChI=1S/C19H33N5O.3ClH/c1-2-3-4-5-10-23-12-14-24(15-13-23)11-8-17-18-16(7-6-9-20-18)19(25)22-21-17;;;/h20H,2-15H2,1H3,(H,22,25);3*1H. The van der Waals surface area contributed by atoms with Gasteiger partial charge >= 0.3 is 0 Å². The SMILES string of the molecule is CCCCCCN1CCN(CCc2n[nH]c(=O)c3c2NCCC3)CC1.Cl.Cl.Cl. The Hall–Kier alpha value is -0.530. The number of unbranched alkanes of at least 4 members (excludes halogenated alkanes) is 3. The lowest BCUT2D eigenvalue weighted by Gasteiger charge is -2.34. The molecule has 0 unspecified atom stereocenters. The van der Waals surface area contributed by atoms with Gasteiger partial charge in [0.15, 0.2) is 0 Å². The van der Waals surface area contributed by atoms with Gasteiger partial charge in [0.2, 0.25) is 0 Å². The molecule has 0 aliphatic carbocycles. The van der Waals surface area contributed by atoms with Gasteiger partial charge < -0.3 is 15.1 Å². The van der Waals surface area contributed by atoms with Gasteiger partial charge in [0, 0.05) is 51.3 Å². The second-order valence-electron chi connectivity index (χ2n) is 7.38. The predicted molar refractivity (Wildman–Crippen MR) is 124 cm³/mol. The fourth-order valence-electron chi connectivity index (χ4n) is 3.90. The predicted octanol–water partition coefficient (Wildman–Crippen LogP) is 3.13. The number of aromatic amines is 1. The van der Waals surface area contributed by atoms with Crippen molar-refractivity contribution in [3.8, 4) is 0 Å². The smallest absolute Gasteiger partial charge is 0.269 e. The molecule has 2 N–H and O–H groups in total. The number of H-pyrrole nitrogens is 1. The number of nitrogens with zero attached hydrogens (tertiary/aromatic N) is 3. The van der Waals surface area contributed by atoms with Crippen LogP contribution in [-0.4, -0.2) is 65.8 Å². The minimum Gasteiger partial charge on any atom is -0.383 e. The number of rotatable bonds is 8. The molecule has 28 heavy (non-hydrogen) atoms. The highest BCUT2D eigenvalue weighted by atomic mass is 35.5. The first-order chi connectivity index (χ1) is 12.3. The lowest BCUT2D eigenvalue weighted by molar-refractivity contribution is 0.131. The van der Waals surface area contributed by atoms with E-state index >= 15 is 0 Å². The van der Waals surface area contributed by atoms with Gasteiger partial charge in [0.25, 0.3) is 5.56 Å². The summed E-state index contributed by atoms with van der Waals surface area (Å²) < 4.78 is 0. The lowest BCUT2D eigenvalue weighted by Crippen LogP contribution is -2.47. The molecule has 164 valence electrons. The summed E-state index contributed by atoms with van der Waals surface area (Å²) in [6.45, 7) is 10.1. The molecular weight excluding hydrogens is 421 g/mol. The molecule has 1 aromatic rings. The molecule has 1 saturated heterocycles. The van der Waals surface area contributed by atoms with Gasteiger partial charge in [0.05, 0.1) is 11.4 Å². The third kappa shape index (κ3) is 7.71. The largest absolute Gasteiger partial charge is 0.383 e. The van der Waals surface area contributed by atoms with Crippen LogP contribution in [0.15, 0.2) is 4.79 Å². The van der Waals surface area contributed by atoms with Crippen LogP contribution in [-0.2, 0) is 12.8 Å². The van der Waals surface area contributed by atoms with Crippen LogP contribution >= 0.6 is 37.2 Å². The maximum absolute atomic E-state index is 11.9. The minimum atomic E-state index is -0.0253. The summed E-state index contributed by atoms with van der Waals surface area (Å²) in [6, 6.07) is 0. The maximum atomic E-state index is 11.9. The van der Waals surface area contributed by atoms with Crippen molar-refractivity contribution in [2.24, 2.45) is 0 Å². The topological polar surface area (TPSA) is 64.3 Å². The molecule has 0 amide bonds. The number of hydrogen-bond donors (Lipinski definition) is 2. The summed E-state index contributed by atoms with van der Waals surface area (Å²) in [7, 11) is 0. The number of halogens is 3. The van der Waals surface area contributed by atoms with Gasteiger partial charge in [-0.05, 0) is 25.8 Å². The Morgan fingerprint density at radius 1 is 0.964 bits per heavy atom. The zero-order valence-electron chi connectivity index (χ0n) is 16.9. The van der Waals surface area contributed by atoms with Gasteiger partial charge in [-0.25, -0.2) is 5.10 Å². The average Bonchev–Trinajstić information content (AvgIpc) is 2.66. The molecule has 3 rings (SSSR count). The number of anilines is 1. The molecule has 9 heteroatoms. The van der Waals surface area contributed by atoms with E-state index in [-0.39, 0.29) is 42.8 Å². The van der Waals surface area contributed by atoms with E-state index in [4.69, 9.17) is 0 Å². The van der Waals surface area contributed by atoms with Crippen molar-refractivity contribution in [2.75, 3.05) is 51.1 Å². The molecule has 2 aliphatic heterocycles. The zero-order chi connectivity index (χ0) is 17.5. The highest BCUT2D eigenvalue weighted by molar-refractivity contribution is 5.86. The van der Waals surface area contributed by atoms with Gasteiger partial charge in [-0.15, -0.1) is 37.2 Å². The highest BCUT2D eigenvalue weighted by Gasteiger charge is 2.20. The van der Waals surface area contributed by atoms with Crippen LogP contribution in [0.4, 0.5) is 5.69 Å². The summed E-state index contributed by atoms with van der Waals surface area (Å²) in [5.74, 6) is 0. The van der Waals surface area contributed by atoms with E-state index < -0.39 is 0 Å². The lowest BCUT2D eigenvalue weighted by atomic mass is 10.0. The normalized spacial score (nSPS) is 16.8. The van der Waals surface area contributed by atoms with Crippen molar-refractivity contribution < 1.29 is 0 Å². The van der Waals surface area contributed by atoms with Crippen LogP contribution in [0.3, 0.4) is 0 Å². The minimum absolute atomic E-state index is 0. The Morgan fingerprint density at radius 2 is 1.64 bits per heavy atom. The highest BCUT2D eigenvalue weighted by Crippen LogP contribution is 2.21. The molecule has 0 radical (unpaired) electrons. The van der Waals surface area contributed by atoms with E-state index in [0.717, 1.165) is 62.4 Å². The Balaban J connectivity index is 0.00000243. The summed E-state index contributed by atoms with van der Waals surface area (Å²) in [6.07, 6.45) is 8.18. The average molecular weight is 457 g/mol. The summed E-state index contributed by atoms with van der Waals surface area (Å²) in [5.41, 5.74) is 2.90. The third-order valence-electron chi connectivity index (χ3n) is 5.52. The van der Waals surface area contributed by atoms with Crippen molar-refractivity contribution >= 4 is 42.9 Å². The molecule has 0 spiro atoms. The molecule has 0 atom stereocenters. The number of aromatic nitrogens is 2. The maximum Gasteiger partial charge on any atom is 0.269 e. The van der Waals surface area contributed by atoms with Gasteiger partial charge in [-0.1, -0.05) is 26.2 Å². The first kappa shape index (κ1) is 27.5. The summed E-state index contributed by atoms with van der Waals surface area (Å²) in [5, 5.41) is 10.4. The fourth-order valence-corrected chi connectivity index (χ4v) is 3.90. The van der Waals surface area contributed by atoms with Crippen molar-refractivity contribution in [3.05, 3.63) is 21.6 Å². The Kier molecular flexibility index (Phi) is 14.2. The molecule has 3 heterocycles. The number of fused-ring (bicyclic) bond motifs is 1. The molecule has 1 fully saturated rings. The first-order valence-corrected chi connectivity index (χ1v) is 10.1. The second kappa shape index (κ2) is 14.5. The molecule has 0 bridgehead atoms.